The molecule has 2 aromatic heterocycles. The standard InChI is InChI=1S/C12H8BrNO2S3/c13-11-3-4-12(18-11)19(15,16)14-9-1-2-10-8(7-9)5-6-17-10/h1-7,14H. The Morgan fingerprint density at radius 3 is 2.68 bits per heavy atom. The molecule has 0 atom stereocenters. The van der Waals surface area contributed by atoms with Gasteiger partial charge in [-0.2, -0.15) is 0 Å². The lowest BCUT2D eigenvalue weighted by Gasteiger charge is -2.06. The summed E-state index contributed by atoms with van der Waals surface area (Å²) in [6.45, 7) is 0. The smallest absolute Gasteiger partial charge is 0.271 e. The van der Waals surface area contributed by atoms with Gasteiger partial charge in [0.1, 0.15) is 4.21 Å². The number of halogens is 1. The second kappa shape index (κ2) is 4.90. The topological polar surface area (TPSA) is 46.2 Å². The summed E-state index contributed by atoms with van der Waals surface area (Å²) in [7, 11) is -3.50. The van der Waals surface area contributed by atoms with Crippen molar-refractivity contribution in [1.29, 1.82) is 0 Å². The first-order valence-corrected chi connectivity index (χ1v) is 9.27. The zero-order valence-electron chi connectivity index (χ0n) is 9.46. The monoisotopic (exact) mass is 373 g/mol. The van der Waals surface area contributed by atoms with E-state index in [-0.39, 0.29) is 0 Å². The second-order valence-corrected chi connectivity index (χ2v) is 9.16. The lowest BCUT2D eigenvalue weighted by atomic mass is 10.2. The molecule has 1 aromatic carbocycles. The number of rotatable bonds is 3. The Morgan fingerprint density at radius 1 is 1.11 bits per heavy atom. The van der Waals surface area contributed by atoms with E-state index in [1.54, 1.807) is 29.5 Å². The van der Waals surface area contributed by atoms with Crippen LogP contribution in [0.2, 0.25) is 0 Å². The zero-order chi connectivity index (χ0) is 13.5. The summed E-state index contributed by atoms with van der Waals surface area (Å²) in [5.41, 5.74) is 0.579. The fourth-order valence-corrected chi connectivity index (χ4v) is 5.51. The van der Waals surface area contributed by atoms with Gasteiger partial charge in [-0.1, -0.05) is 0 Å². The van der Waals surface area contributed by atoms with E-state index in [1.165, 1.54) is 11.3 Å². The van der Waals surface area contributed by atoms with Gasteiger partial charge in [-0.15, -0.1) is 22.7 Å². The van der Waals surface area contributed by atoms with Gasteiger partial charge in [0.25, 0.3) is 10.0 Å². The molecule has 3 rings (SSSR count). The van der Waals surface area contributed by atoms with Crippen molar-refractivity contribution in [2.75, 3.05) is 4.72 Å². The number of nitrogens with one attached hydrogen (secondary N) is 1. The molecule has 0 bridgehead atoms. The van der Waals surface area contributed by atoms with E-state index in [9.17, 15) is 8.42 Å². The maximum Gasteiger partial charge on any atom is 0.271 e. The predicted molar refractivity (Wildman–Crippen MR) is 84.7 cm³/mol. The first-order chi connectivity index (χ1) is 9.04. The highest BCUT2D eigenvalue weighted by Gasteiger charge is 2.16. The molecule has 0 fully saturated rings. The Kier molecular flexibility index (Phi) is 3.38. The fraction of sp³-hybridized carbons (Fsp3) is 0. The average molecular weight is 374 g/mol. The van der Waals surface area contributed by atoms with Crippen molar-refractivity contribution in [3.05, 3.63) is 45.6 Å². The molecule has 2 heterocycles. The van der Waals surface area contributed by atoms with E-state index in [2.05, 4.69) is 20.7 Å². The predicted octanol–water partition coefficient (Wildman–Crippen LogP) is 4.53. The van der Waals surface area contributed by atoms with Gasteiger partial charge in [0.05, 0.1) is 3.79 Å². The van der Waals surface area contributed by atoms with Crippen molar-refractivity contribution in [3.8, 4) is 0 Å². The molecule has 0 radical (unpaired) electrons. The van der Waals surface area contributed by atoms with Crippen molar-refractivity contribution < 1.29 is 8.42 Å². The molecule has 3 aromatic rings. The number of fused-ring (bicyclic) bond motifs is 1. The van der Waals surface area contributed by atoms with Crippen LogP contribution < -0.4 is 4.72 Å². The van der Waals surface area contributed by atoms with Crippen molar-refractivity contribution in [1.82, 2.24) is 0 Å². The summed E-state index contributed by atoms with van der Waals surface area (Å²) in [5.74, 6) is 0. The van der Waals surface area contributed by atoms with Crippen molar-refractivity contribution in [2.24, 2.45) is 0 Å². The molecule has 1 N–H and O–H groups in total. The Hall–Kier alpha value is -0.890. The van der Waals surface area contributed by atoms with Crippen LogP contribution in [-0.4, -0.2) is 8.42 Å². The van der Waals surface area contributed by atoms with Gasteiger partial charge in [-0.25, -0.2) is 8.42 Å². The summed E-state index contributed by atoms with van der Waals surface area (Å²) >= 11 is 6.08. The summed E-state index contributed by atoms with van der Waals surface area (Å²) < 4.78 is 29.2. The molecule has 7 heteroatoms. The quantitative estimate of drug-likeness (QED) is 0.732. The highest BCUT2D eigenvalue weighted by molar-refractivity contribution is 9.11. The minimum absolute atomic E-state index is 0.296. The number of anilines is 1. The fourth-order valence-electron chi connectivity index (χ4n) is 1.68. The highest BCUT2D eigenvalue weighted by Crippen LogP contribution is 2.29. The van der Waals surface area contributed by atoms with Crippen LogP contribution in [0, 0.1) is 0 Å². The Bertz CT molecular complexity index is 835. The number of hydrogen-bond acceptors (Lipinski definition) is 4. The van der Waals surface area contributed by atoms with Gasteiger partial charge in [-0.3, -0.25) is 4.72 Å². The van der Waals surface area contributed by atoms with Crippen LogP contribution in [-0.2, 0) is 10.0 Å². The van der Waals surface area contributed by atoms with E-state index in [4.69, 9.17) is 0 Å². The van der Waals surface area contributed by atoms with Gasteiger partial charge in [0, 0.05) is 10.4 Å². The first kappa shape index (κ1) is 13.1. The molecule has 0 aliphatic carbocycles. The maximum atomic E-state index is 12.2. The SMILES string of the molecule is O=S(=O)(Nc1ccc2sccc2c1)c1ccc(Br)s1. The van der Waals surface area contributed by atoms with Crippen LogP contribution >= 0.6 is 38.6 Å². The molecule has 0 amide bonds. The molecule has 98 valence electrons. The molecule has 0 spiro atoms. The van der Waals surface area contributed by atoms with Gasteiger partial charge < -0.3 is 0 Å². The summed E-state index contributed by atoms with van der Waals surface area (Å²) in [5, 5.41) is 3.02. The minimum Gasteiger partial charge on any atom is -0.279 e. The summed E-state index contributed by atoms with van der Waals surface area (Å²) in [4.78, 5) is 0. The summed E-state index contributed by atoms with van der Waals surface area (Å²) in [6, 6.07) is 10.8. The molecule has 0 saturated carbocycles. The highest BCUT2D eigenvalue weighted by atomic mass is 79.9. The normalized spacial score (nSPS) is 11.8. The average Bonchev–Trinajstić information content (AvgIpc) is 2.96. The van der Waals surface area contributed by atoms with Crippen molar-refractivity contribution in [2.45, 2.75) is 4.21 Å². The molecule has 0 aliphatic heterocycles. The van der Waals surface area contributed by atoms with Crippen LogP contribution in [0.15, 0.2) is 49.8 Å². The third-order valence-electron chi connectivity index (χ3n) is 2.52. The zero-order valence-corrected chi connectivity index (χ0v) is 13.5. The maximum absolute atomic E-state index is 12.2. The van der Waals surface area contributed by atoms with Crippen LogP contribution in [0.25, 0.3) is 10.1 Å². The molecule has 19 heavy (non-hydrogen) atoms. The summed E-state index contributed by atoms with van der Waals surface area (Å²) in [6.07, 6.45) is 0. The Morgan fingerprint density at radius 2 is 1.95 bits per heavy atom. The largest absolute Gasteiger partial charge is 0.279 e. The first-order valence-electron chi connectivity index (χ1n) is 5.30. The molecule has 0 unspecified atom stereocenters. The van der Waals surface area contributed by atoms with Crippen molar-refractivity contribution >= 4 is 64.4 Å². The number of hydrogen-bond donors (Lipinski definition) is 1. The minimum atomic E-state index is -3.50. The van der Waals surface area contributed by atoms with Crippen LogP contribution in [0.4, 0.5) is 5.69 Å². The number of thiophene rings is 2. The van der Waals surface area contributed by atoms with Gasteiger partial charge in [0.15, 0.2) is 0 Å². The Balaban J connectivity index is 1.95. The lowest BCUT2D eigenvalue weighted by Crippen LogP contribution is -2.11. The van der Waals surface area contributed by atoms with E-state index in [0.717, 1.165) is 13.9 Å². The molecular weight excluding hydrogens is 366 g/mol. The third-order valence-corrected chi connectivity index (χ3v) is 6.91. The van der Waals surface area contributed by atoms with E-state index < -0.39 is 10.0 Å². The van der Waals surface area contributed by atoms with E-state index in [1.807, 2.05) is 23.6 Å². The number of sulfonamides is 1. The molecule has 0 aliphatic rings. The van der Waals surface area contributed by atoms with Crippen molar-refractivity contribution in [3.63, 3.8) is 0 Å². The molecule has 0 saturated heterocycles. The van der Waals surface area contributed by atoms with E-state index >= 15 is 0 Å². The Labute approximate surface area is 127 Å². The molecule has 3 nitrogen and oxygen atoms in total. The molecular formula is C12H8BrNO2S3. The van der Waals surface area contributed by atoms with Gasteiger partial charge >= 0.3 is 0 Å². The third kappa shape index (κ3) is 2.69. The van der Waals surface area contributed by atoms with Crippen LogP contribution in [0.5, 0.6) is 0 Å². The van der Waals surface area contributed by atoms with E-state index in [0.29, 0.717) is 9.90 Å². The van der Waals surface area contributed by atoms with Crippen LogP contribution in [0.1, 0.15) is 0 Å². The van der Waals surface area contributed by atoms with Gasteiger partial charge in [0.2, 0.25) is 0 Å². The second-order valence-electron chi connectivity index (χ2n) is 3.84. The van der Waals surface area contributed by atoms with Gasteiger partial charge in [-0.05, 0) is 63.1 Å². The number of benzene rings is 1. The van der Waals surface area contributed by atoms with Crippen LogP contribution in [0.3, 0.4) is 0 Å². The lowest BCUT2D eigenvalue weighted by molar-refractivity contribution is 0.603.